The van der Waals surface area contributed by atoms with E-state index in [9.17, 15) is 9.59 Å². The molecular weight excluding hydrogens is 256 g/mol. The highest BCUT2D eigenvalue weighted by Crippen LogP contribution is 2.38. The summed E-state index contributed by atoms with van der Waals surface area (Å²) >= 11 is 0. The Morgan fingerprint density at radius 3 is 2.65 bits per heavy atom. The molecule has 2 aliphatic heterocycles. The molecule has 5 heteroatoms. The maximum atomic E-state index is 12.6. The number of hydrogen-bond acceptors (Lipinski definition) is 2. The minimum absolute atomic E-state index is 0.206. The van der Waals surface area contributed by atoms with Crippen molar-refractivity contribution in [3.63, 3.8) is 0 Å². The number of aliphatic carboxylic acids is 1. The summed E-state index contributed by atoms with van der Waals surface area (Å²) in [6, 6.07) is 0.684. The molecule has 0 aromatic heterocycles. The van der Waals surface area contributed by atoms with Crippen molar-refractivity contribution in [1.82, 2.24) is 9.80 Å². The average Bonchev–Trinajstić information content (AvgIpc) is 3.07. The molecule has 3 aliphatic rings. The van der Waals surface area contributed by atoms with Gasteiger partial charge in [0.2, 0.25) is 0 Å². The molecule has 1 N–H and O–H groups in total. The van der Waals surface area contributed by atoms with Crippen LogP contribution in [0.2, 0.25) is 0 Å². The van der Waals surface area contributed by atoms with Gasteiger partial charge in [-0.05, 0) is 50.4 Å². The Bertz CT molecular complexity index is 399. The summed E-state index contributed by atoms with van der Waals surface area (Å²) < 4.78 is 0. The highest BCUT2D eigenvalue weighted by Gasteiger charge is 2.42. The Labute approximate surface area is 119 Å². The zero-order valence-electron chi connectivity index (χ0n) is 12.0. The minimum Gasteiger partial charge on any atom is -0.481 e. The van der Waals surface area contributed by atoms with E-state index in [1.165, 1.54) is 19.3 Å². The van der Waals surface area contributed by atoms with E-state index in [1.54, 1.807) is 0 Å². The maximum Gasteiger partial charge on any atom is 0.320 e. The molecule has 2 bridgehead atoms. The third-order valence-electron chi connectivity index (χ3n) is 5.21. The van der Waals surface area contributed by atoms with Crippen LogP contribution in [0.15, 0.2) is 0 Å². The number of urea groups is 1. The number of amides is 2. The van der Waals surface area contributed by atoms with Gasteiger partial charge in [0.25, 0.3) is 0 Å². The Kier molecular flexibility index (Phi) is 3.85. The fourth-order valence-electron chi connectivity index (χ4n) is 4.14. The zero-order valence-corrected chi connectivity index (χ0v) is 12.0. The zero-order chi connectivity index (χ0) is 14.1. The molecule has 0 spiro atoms. The maximum absolute atomic E-state index is 12.6. The number of carboxylic acids is 1. The third-order valence-corrected chi connectivity index (χ3v) is 5.21. The second-order valence-corrected chi connectivity index (χ2v) is 6.65. The second kappa shape index (κ2) is 5.62. The van der Waals surface area contributed by atoms with Crippen LogP contribution in [0.5, 0.6) is 0 Å². The van der Waals surface area contributed by atoms with Crippen molar-refractivity contribution in [2.24, 2.45) is 11.8 Å². The number of fused-ring (bicyclic) bond motifs is 2. The number of hydrogen-bond donors (Lipinski definition) is 1. The van der Waals surface area contributed by atoms with Gasteiger partial charge in [0.05, 0.1) is 0 Å². The van der Waals surface area contributed by atoms with Gasteiger partial charge in [-0.1, -0.05) is 0 Å². The van der Waals surface area contributed by atoms with Crippen LogP contribution in [0, 0.1) is 11.8 Å². The van der Waals surface area contributed by atoms with Crippen LogP contribution in [0.1, 0.15) is 44.9 Å². The summed E-state index contributed by atoms with van der Waals surface area (Å²) in [4.78, 5) is 27.3. The normalized spacial score (nSPS) is 32.7. The van der Waals surface area contributed by atoms with Crippen LogP contribution in [0.25, 0.3) is 0 Å². The molecule has 0 radical (unpaired) electrons. The molecule has 2 amide bonds. The first-order valence-corrected chi connectivity index (χ1v) is 7.91. The van der Waals surface area contributed by atoms with Crippen LogP contribution in [0.4, 0.5) is 4.79 Å². The molecule has 3 rings (SSSR count). The highest BCUT2D eigenvalue weighted by atomic mass is 16.4. The quantitative estimate of drug-likeness (QED) is 0.862. The number of rotatable bonds is 3. The number of carboxylic acid groups (broad SMARTS) is 1. The Hall–Kier alpha value is -1.26. The molecule has 3 fully saturated rings. The first-order chi connectivity index (χ1) is 9.63. The fraction of sp³-hybridized carbons (Fsp3) is 0.867. The van der Waals surface area contributed by atoms with Gasteiger partial charge in [-0.3, -0.25) is 4.79 Å². The summed E-state index contributed by atoms with van der Waals surface area (Å²) in [5, 5.41) is 8.77. The molecule has 1 aliphatic carbocycles. The molecule has 1 saturated carbocycles. The van der Waals surface area contributed by atoms with Crippen molar-refractivity contribution < 1.29 is 14.7 Å². The molecule has 0 aromatic rings. The van der Waals surface area contributed by atoms with E-state index in [1.807, 2.05) is 4.90 Å². The summed E-state index contributed by atoms with van der Waals surface area (Å²) in [7, 11) is 0. The second-order valence-electron chi connectivity index (χ2n) is 6.65. The fourth-order valence-corrected chi connectivity index (χ4v) is 4.14. The van der Waals surface area contributed by atoms with Crippen molar-refractivity contribution in [1.29, 1.82) is 0 Å². The van der Waals surface area contributed by atoms with Gasteiger partial charge in [-0.2, -0.15) is 0 Å². The third kappa shape index (κ3) is 2.76. The molecule has 5 nitrogen and oxygen atoms in total. The van der Waals surface area contributed by atoms with Crippen LogP contribution < -0.4 is 0 Å². The predicted molar refractivity (Wildman–Crippen MR) is 74.4 cm³/mol. The summed E-state index contributed by atoms with van der Waals surface area (Å²) in [5.41, 5.74) is 0. The van der Waals surface area contributed by atoms with E-state index in [0.29, 0.717) is 18.4 Å². The van der Waals surface area contributed by atoms with E-state index in [2.05, 4.69) is 4.90 Å². The van der Waals surface area contributed by atoms with Gasteiger partial charge < -0.3 is 14.9 Å². The molecule has 112 valence electrons. The van der Waals surface area contributed by atoms with Crippen LogP contribution >= 0.6 is 0 Å². The average molecular weight is 280 g/mol. The summed E-state index contributed by atoms with van der Waals surface area (Å²) in [6.45, 7) is 2.54. The summed E-state index contributed by atoms with van der Waals surface area (Å²) in [6.07, 6.45) is 6.65. The lowest BCUT2D eigenvalue weighted by Crippen LogP contribution is -2.50. The number of likely N-dealkylation sites (tertiary alicyclic amines) is 2. The number of piperidine rings is 2. The Morgan fingerprint density at radius 2 is 2.00 bits per heavy atom. The van der Waals surface area contributed by atoms with E-state index in [4.69, 9.17) is 5.11 Å². The van der Waals surface area contributed by atoms with Gasteiger partial charge in [0.1, 0.15) is 0 Å². The molecule has 3 unspecified atom stereocenters. The van der Waals surface area contributed by atoms with Crippen molar-refractivity contribution >= 4 is 12.0 Å². The smallest absolute Gasteiger partial charge is 0.320 e. The first-order valence-electron chi connectivity index (χ1n) is 7.91. The molecular formula is C15H24N2O3. The van der Waals surface area contributed by atoms with E-state index in [-0.39, 0.29) is 12.5 Å². The Morgan fingerprint density at radius 1 is 1.15 bits per heavy atom. The summed E-state index contributed by atoms with van der Waals surface area (Å²) in [5.74, 6) is 0.366. The van der Waals surface area contributed by atoms with E-state index < -0.39 is 5.97 Å². The van der Waals surface area contributed by atoms with Crippen LogP contribution in [-0.4, -0.2) is 52.6 Å². The molecule has 2 saturated heterocycles. The largest absolute Gasteiger partial charge is 0.481 e. The van der Waals surface area contributed by atoms with Gasteiger partial charge >= 0.3 is 12.0 Å². The van der Waals surface area contributed by atoms with Crippen molar-refractivity contribution in [3.05, 3.63) is 0 Å². The van der Waals surface area contributed by atoms with Gasteiger partial charge in [0, 0.05) is 32.1 Å². The lowest BCUT2D eigenvalue weighted by atomic mass is 9.93. The van der Waals surface area contributed by atoms with E-state index in [0.717, 1.165) is 38.4 Å². The van der Waals surface area contributed by atoms with E-state index >= 15 is 0 Å². The topological polar surface area (TPSA) is 60.9 Å². The molecule has 20 heavy (non-hydrogen) atoms. The lowest BCUT2D eigenvalue weighted by molar-refractivity contribution is -0.137. The SMILES string of the molecule is O=C(O)CCC1CCCN(C(=O)N2CC3CCC2C3)C1. The van der Waals surface area contributed by atoms with Crippen LogP contribution in [0.3, 0.4) is 0 Å². The highest BCUT2D eigenvalue weighted by molar-refractivity contribution is 5.75. The number of carbonyl (C=O) groups excluding carboxylic acids is 1. The van der Waals surface area contributed by atoms with Crippen molar-refractivity contribution in [3.8, 4) is 0 Å². The molecule has 0 aromatic carbocycles. The molecule has 3 atom stereocenters. The minimum atomic E-state index is -0.731. The van der Waals surface area contributed by atoms with Crippen molar-refractivity contribution in [2.75, 3.05) is 19.6 Å². The number of nitrogens with zero attached hydrogens (tertiary/aromatic N) is 2. The predicted octanol–water partition coefficient (Wildman–Crippen LogP) is 2.17. The standard InChI is InChI=1S/C15H24N2O3/c18-14(19)6-4-11-2-1-7-16(9-11)15(20)17-10-12-3-5-13(17)8-12/h11-13H,1-10H2,(H,18,19). The van der Waals surface area contributed by atoms with Gasteiger partial charge in [0.15, 0.2) is 0 Å². The monoisotopic (exact) mass is 280 g/mol. The van der Waals surface area contributed by atoms with Gasteiger partial charge in [-0.25, -0.2) is 4.79 Å². The number of carbonyl (C=O) groups is 2. The molecule has 2 heterocycles. The first kappa shape index (κ1) is 13.7. The van der Waals surface area contributed by atoms with Gasteiger partial charge in [-0.15, -0.1) is 0 Å². The van der Waals surface area contributed by atoms with Crippen molar-refractivity contribution in [2.45, 2.75) is 51.0 Å². The lowest BCUT2D eigenvalue weighted by Gasteiger charge is -2.38. The van der Waals surface area contributed by atoms with Crippen LogP contribution in [-0.2, 0) is 4.79 Å². The Balaban J connectivity index is 1.54.